The molecular formula is C16H18N4O3. The molecule has 1 aliphatic rings. The molecule has 0 spiro atoms. The predicted molar refractivity (Wildman–Crippen MR) is 82.9 cm³/mol. The van der Waals surface area contributed by atoms with Gasteiger partial charge in [0, 0.05) is 37.1 Å². The lowest BCUT2D eigenvalue weighted by molar-refractivity contribution is 0.0762. The number of aryl methyl sites for hydroxylation is 1. The van der Waals surface area contributed by atoms with Crippen LogP contribution < -0.4 is 5.56 Å². The van der Waals surface area contributed by atoms with Crippen molar-refractivity contribution in [1.82, 2.24) is 19.9 Å². The molecule has 7 heteroatoms. The standard InChI is InChI=1S/C16H18N4O3/c1-10-18-7-13(15(22)19-10)16(23)20-8-11(14(21)9-20)6-12-4-2-3-5-17-12/h2-5,7,11,14,21H,6,8-9H2,1H3,(H,18,19,22)/t11-,14-/m1/s1. The number of nitrogens with zero attached hydrogens (tertiary/aromatic N) is 3. The van der Waals surface area contributed by atoms with Crippen LogP contribution >= 0.6 is 0 Å². The number of likely N-dealkylation sites (tertiary alicyclic amines) is 1. The summed E-state index contributed by atoms with van der Waals surface area (Å²) in [6, 6.07) is 5.62. The normalized spacial score (nSPS) is 20.7. The summed E-state index contributed by atoms with van der Waals surface area (Å²) in [6.45, 7) is 2.26. The number of hydrogen-bond acceptors (Lipinski definition) is 5. The smallest absolute Gasteiger partial charge is 0.263 e. The number of carbonyl (C=O) groups is 1. The Balaban J connectivity index is 1.73. The van der Waals surface area contributed by atoms with Gasteiger partial charge in [-0.05, 0) is 25.5 Å². The van der Waals surface area contributed by atoms with Gasteiger partial charge in [-0.3, -0.25) is 14.6 Å². The highest BCUT2D eigenvalue weighted by Gasteiger charge is 2.35. The molecule has 0 aliphatic carbocycles. The minimum Gasteiger partial charge on any atom is -0.391 e. The zero-order valence-electron chi connectivity index (χ0n) is 12.8. The first-order valence-electron chi connectivity index (χ1n) is 7.48. The largest absolute Gasteiger partial charge is 0.391 e. The lowest BCUT2D eigenvalue weighted by Crippen LogP contribution is -2.34. The van der Waals surface area contributed by atoms with E-state index < -0.39 is 17.6 Å². The van der Waals surface area contributed by atoms with Crippen LogP contribution in [0.2, 0.25) is 0 Å². The minimum absolute atomic E-state index is 0.00119. The molecule has 1 amide bonds. The van der Waals surface area contributed by atoms with Crippen molar-refractivity contribution in [2.24, 2.45) is 5.92 Å². The highest BCUT2D eigenvalue weighted by Crippen LogP contribution is 2.21. The summed E-state index contributed by atoms with van der Waals surface area (Å²) >= 11 is 0. The van der Waals surface area contributed by atoms with Gasteiger partial charge >= 0.3 is 0 Å². The van der Waals surface area contributed by atoms with Gasteiger partial charge in [0.2, 0.25) is 0 Å². The Labute approximate surface area is 133 Å². The molecule has 0 aromatic carbocycles. The first-order valence-corrected chi connectivity index (χ1v) is 7.48. The molecule has 120 valence electrons. The second kappa shape index (κ2) is 6.29. The second-order valence-electron chi connectivity index (χ2n) is 5.77. The van der Waals surface area contributed by atoms with Crippen LogP contribution in [0, 0.1) is 12.8 Å². The van der Waals surface area contributed by atoms with Crippen LogP contribution in [0.1, 0.15) is 21.9 Å². The average Bonchev–Trinajstić information content (AvgIpc) is 2.89. The maximum atomic E-state index is 12.5. The summed E-state index contributed by atoms with van der Waals surface area (Å²) < 4.78 is 0. The van der Waals surface area contributed by atoms with Gasteiger partial charge in [0.05, 0.1) is 6.10 Å². The van der Waals surface area contributed by atoms with Crippen LogP contribution in [0.4, 0.5) is 0 Å². The first kappa shape index (κ1) is 15.4. The molecule has 2 N–H and O–H groups in total. The van der Waals surface area contributed by atoms with Crippen molar-refractivity contribution < 1.29 is 9.90 Å². The number of aromatic amines is 1. The van der Waals surface area contributed by atoms with Crippen LogP contribution in [0.15, 0.2) is 35.4 Å². The van der Waals surface area contributed by atoms with Gasteiger partial charge in [-0.25, -0.2) is 4.98 Å². The Morgan fingerprint density at radius 3 is 2.91 bits per heavy atom. The number of H-pyrrole nitrogens is 1. The first-order chi connectivity index (χ1) is 11.0. The summed E-state index contributed by atoms with van der Waals surface area (Å²) in [5.41, 5.74) is 0.423. The number of aliphatic hydroxyl groups is 1. The summed E-state index contributed by atoms with van der Waals surface area (Å²) in [7, 11) is 0. The number of β-amino-alcohol motifs (C(OH)–C–C–N with tert-alkyl or cyclic N) is 1. The van der Waals surface area contributed by atoms with E-state index in [-0.39, 0.29) is 18.0 Å². The van der Waals surface area contributed by atoms with E-state index in [1.807, 2.05) is 18.2 Å². The van der Waals surface area contributed by atoms with Crippen molar-refractivity contribution in [2.45, 2.75) is 19.4 Å². The molecule has 1 saturated heterocycles. The third-order valence-electron chi connectivity index (χ3n) is 4.05. The molecule has 2 aromatic heterocycles. The van der Waals surface area contributed by atoms with Gasteiger partial charge in [-0.1, -0.05) is 6.07 Å². The molecular weight excluding hydrogens is 296 g/mol. The van der Waals surface area contributed by atoms with E-state index in [1.54, 1.807) is 13.1 Å². The molecule has 23 heavy (non-hydrogen) atoms. The Hall–Kier alpha value is -2.54. The fourth-order valence-corrected chi connectivity index (χ4v) is 2.81. The third-order valence-corrected chi connectivity index (χ3v) is 4.05. The molecule has 3 rings (SSSR count). The number of hydrogen-bond donors (Lipinski definition) is 2. The minimum atomic E-state index is -0.626. The summed E-state index contributed by atoms with van der Waals surface area (Å²) in [4.78, 5) is 36.6. The number of amides is 1. The van der Waals surface area contributed by atoms with Crippen LogP contribution in [-0.2, 0) is 6.42 Å². The lowest BCUT2D eigenvalue weighted by Gasteiger charge is -2.15. The van der Waals surface area contributed by atoms with E-state index in [4.69, 9.17) is 0 Å². The number of aromatic nitrogens is 3. The summed E-state index contributed by atoms with van der Waals surface area (Å²) in [6.07, 6.45) is 2.96. The number of pyridine rings is 1. The SMILES string of the molecule is Cc1ncc(C(=O)N2C[C@@H](Cc3ccccn3)[C@H](O)C2)c(=O)[nH]1. The van der Waals surface area contributed by atoms with Gasteiger partial charge < -0.3 is 15.0 Å². The van der Waals surface area contributed by atoms with Crippen molar-refractivity contribution in [3.8, 4) is 0 Å². The van der Waals surface area contributed by atoms with Gasteiger partial charge in [-0.15, -0.1) is 0 Å². The van der Waals surface area contributed by atoms with E-state index in [0.29, 0.717) is 18.8 Å². The van der Waals surface area contributed by atoms with Crippen LogP contribution in [0.3, 0.4) is 0 Å². The van der Waals surface area contributed by atoms with Crippen LogP contribution in [0.25, 0.3) is 0 Å². The molecule has 0 unspecified atom stereocenters. The highest BCUT2D eigenvalue weighted by molar-refractivity contribution is 5.93. The van der Waals surface area contributed by atoms with Crippen LogP contribution in [0.5, 0.6) is 0 Å². The lowest BCUT2D eigenvalue weighted by atomic mass is 10.00. The molecule has 0 radical (unpaired) electrons. The van der Waals surface area contributed by atoms with Crippen molar-refractivity contribution in [1.29, 1.82) is 0 Å². The van der Waals surface area contributed by atoms with Crippen molar-refractivity contribution in [3.05, 3.63) is 58.0 Å². The predicted octanol–water partition coefficient (Wildman–Crippen LogP) is 0.149. The monoisotopic (exact) mass is 314 g/mol. The molecule has 1 aliphatic heterocycles. The summed E-state index contributed by atoms with van der Waals surface area (Å²) in [5.74, 6) is -0.0336. The van der Waals surface area contributed by atoms with E-state index >= 15 is 0 Å². The average molecular weight is 314 g/mol. The maximum absolute atomic E-state index is 12.5. The maximum Gasteiger partial charge on any atom is 0.263 e. The molecule has 2 aromatic rings. The molecule has 3 heterocycles. The third kappa shape index (κ3) is 3.29. The molecule has 0 saturated carbocycles. The Morgan fingerprint density at radius 2 is 2.22 bits per heavy atom. The van der Waals surface area contributed by atoms with Gasteiger partial charge in [0.25, 0.3) is 11.5 Å². The highest BCUT2D eigenvalue weighted by atomic mass is 16.3. The summed E-state index contributed by atoms with van der Waals surface area (Å²) in [5, 5.41) is 10.2. The van der Waals surface area contributed by atoms with Crippen molar-refractivity contribution in [3.63, 3.8) is 0 Å². The number of aliphatic hydroxyl groups excluding tert-OH is 1. The van der Waals surface area contributed by atoms with E-state index in [9.17, 15) is 14.7 Å². The quantitative estimate of drug-likeness (QED) is 0.840. The number of nitrogens with one attached hydrogen (secondary N) is 1. The fraction of sp³-hybridized carbons (Fsp3) is 0.375. The topological polar surface area (TPSA) is 99.2 Å². The molecule has 1 fully saturated rings. The van der Waals surface area contributed by atoms with Gasteiger partial charge in [-0.2, -0.15) is 0 Å². The van der Waals surface area contributed by atoms with E-state index in [0.717, 1.165) is 5.69 Å². The number of carbonyl (C=O) groups excluding carboxylic acids is 1. The van der Waals surface area contributed by atoms with Crippen molar-refractivity contribution in [2.75, 3.05) is 13.1 Å². The molecule has 7 nitrogen and oxygen atoms in total. The zero-order valence-corrected chi connectivity index (χ0v) is 12.8. The van der Waals surface area contributed by atoms with E-state index in [1.165, 1.54) is 11.1 Å². The second-order valence-corrected chi connectivity index (χ2v) is 5.77. The Bertz CT molecular complexity index is 759. The fourth-order valence-electron chi connectivity index (χ4n) is 2.81. The molecule has 2 atom stereocenters. The van der Waals surface area contributed by atoms with Crippen molar-refractivity contribution >= 4 is 5.91 Å². The van der Waals surface area contributed by atoms with Gasteiger partial charge in [0.1, 0.15) is 11.4 Å². The Kier molecular flexibility index (Phi) is 4.20. The Morgan fingerprint density at radius 1 is 1.39 bits per heavy atom. The van der Waals surface area contributed by atoms with Gasteiger partial charge in [0.15, 0.2) is 0 Å². The molecule has 0 bridgehead atoms. The van der Waals surface area contributed by atoms with Crippen LogP contribution in [-0.4, -0.2) is 50.1 Å². The zero-order chi connectivity index (χ0) is 16.4. The number of rotatable bonds is 3. The van der Waals surface area contributed by atoms with E-state index in [2.05, 4.69) is 15.0 Å².